The Morgan fingerprint density at radius 1 is 1.38 bits per heavy atom. The number of hydrogen-bond donors (Lipinski definition) is 3. The zero-order valence-corrected chi connectivity index (χ0v) is 13.5. The number of aliphatic hydroxyl groups is 1. The number of anilines is 1. The summed E-state index contributed by atoms with van der Waals surface area (Å²) in [5.41, 5.74) is 1.73. The monoisotopic (exact) mass is 312 g/mol. The average molecular weight is 313 g/mol. The van der Waals surface area contributed by atoms with E-state index in [1.54, 1.807) is 12.1 Å². The second-order valence-corrected chi connectivity index (χ2v) is 5.74. The lowest BCUT2D eigenvalue weighted by molar-refractivity contribution is -0.115. The molecule has 0 fully saturated rings. The van der Waals surface area contributed by atoms with Crippen LogP contribution in [0.5, 0.6) is 0 Å². The third-order valence-electron chi connectivity index (χ3n) is 3.43. The molecule has 21 heavy (non-hydrogen) atoms. The van der Waals surface area contributed by atoms with Gasteiger partial charge in [-0.05, 0) is 49.9 Å². The van der Waals surface area contributed by atoms with Gasteiger partial charge in [-0.1, -0.05) is 31.0 Å². The van der Waals surface area contributed by atoms with Gasteiger partial charge in [0.1, 0.15) is 0 Å². The lowest BCUT2D eigenvalue weighted by Gasteiger charge is -2.15. The molecule has 1 aromatic carbocycles. The quantitative estimate of drug-likeness (QED) is 0.657. The Morgan fingerprint density at radius 2 is 2.14 bits per heavy atom. The van der Waals surface area contributed by atoms with Gasteiger partial charge in [-0.2, -0.15) is 0 Å². The summed E-state index contributed by atoms with van der Waals surface area (Å²) in [6, 6.07) is 5.43. The van der Waals surface area contributed by atoms with E-state index in [4.69, 9.17) is 16.7 Å². The minimum absolute atomic E-state index is 0.0837. The van der Waals surface area contributed by atoms with Crippen molar-refractivity contribution in [3.63, 3.8) is 0 Å². The van der Waals surface area contributed by atoms with Crippen LogP contribution in [0.4, 0.5) is 5.69 Å². The molecule has 0 saturated heterocycles. The number of aliphatic hydroxyl groups excluding tert-OH is 1. The zero-order chi connectivity index (χ0) is 15.7. The molecule has 3 N–H and O–H groups in total. The van der Waals surface area contributed by atoms with Crippen LogP contribution in [0.2, 0.25) is 5.02 Å². The molecule has 118 valence electrons. The van der Waals surface area contributed by atoms with Crippen LogP contribution in [0.3, 0.4) is 0 Å². The van der Waals surface area contributed by atoms with E-state index in [-0.39, 0.29) is 19.1 Å². The number of aryl methyl sites for hydroxylation is 1. The fraction of sp³-hybridized carbons (Fsp3) is 0.562. The topological polar surface area (TPSA) is 61.4 Å². The van der Waals surface area contributed by atoms with Gasteiger partial charge in [-0.25, -0.2) is 0 Å². The average Bonchev–Trinajstić information content (AvgIpc) is 2.43. The highest BCUT2D eigenvalue weighted by atomic mass is 35.5. The molecule has 1 unspecified atom stereocenters. The number of benzene rings is 1. The van der Waals surface area contributed by atoms with Gasteiger partial charge in [-0.15, -0.1) is 0 Å². The van der Waals surface area contributed by atoms with Crippen molar-refractivity contribution in [3.05, 3.63) is 28.8 Å². The number of hydrogen-bond acceptors (Lipinski definition) is 3. The van der Waals surface area contributed by atoms with Crippen molar-refractivity contribution in [1.29, 1.82) is 0 Å². The molecule has 0 spiro atoms. The second kappa shape index (κ2) is 9.77. The van der Waals surface area contributed by atoms with E-state index < -0.39 is 0 Å². The second-order valence-electron chi connectivity index (χ2n) is 5.31. The predicted octanol–water partition coefficient (Wildman–Crippen LogP) is 2.98. The summed E-state index contributed by atoms with van der Waals surface area (Å²) in [4.78, 5) is 11.9. The van der Waals surface area contributed by atoms with E-state index >= 15 is 0 Å². The highest BCUT2D eigenvalue weighted by Gasteiger charge is 2.09. The molecule has 0 bridgehead atoms. The molecule has 0 aliphatic rings. The van der Waals surface area contributed by atoms with Crippen LogP contribution in [0, 0.1) is 12.8 Å². The van der Waals surface area contributed by atoms with Crippen molar-refractivity contribution in [2.24, 2.45) is 5.92 Å². The lowest BCUT2D eigenvalue weighted by Crippen LogP contribution is -2.32. The first-order valence-electron chi connectivity index (χ1n) is 7.44. The number of nitrogens with one attached hydrogen (secondary N) is 2. The third kappa shape index (κ3) is 6.93. The Labute approximate surface area is 131 Å². The number of rotatable bonds is 9. The summed E-state index contributed by atoms with van der Waals surface area (Å²) < 4.78 is 0. The maximum atomic E-state index is 11.9. The molecule has 0 aromatic heterocycles. The summed E-state index contributed by atoms with van der Waals surface area (Å²) in [7, 11) is 0. The molecule has 0 aliphatic heterocycles. The Bertz CT molecular complexity index is 446. The van der Waals surface area contributed by atoms with Gasteiger partial charge in [0.15, 0.2) is 0 Å². The fourth-order valence-electron chi connectivity index (χ4n) is 2.25. The predicted molar refractivity (Wildman–Crippen MR) is 87.8 cm³/mol. The maximum Gasteiger partial charge on any atom is 0.238 e. The van der Waals surface area contributed by atoms with E-state index in [9.17, 15) is 4.79 Å². The molecule has 1 rings (SSSR count). The summed E-state index contributed by atoms with van der Waals surface area (Å²) in [6.07, 6.45) is 2.92. The van der Waals surface area contributed by atoms with Gasteiger partial charge in [0.2, 0.25) is 5.91 Å². The molecule has 0 aliphatic carbocycles. The van der Waals surface area contributed by atoms with E-state index in [0.29, 0.717) is 10.9 Å². The summed E-state index contributed by atoms with van der Waals surface area (Å²) in [5.74, 6) is 0.334. The Morgan fingerprint density at radius 3 is 2.81 bits per heavy atom. The van der Waals surface area contributed by atoms with Gasteiger partial charge in [0, 0.05) is 17.3 Å². The molecule has 0 radical (unpaired) electrons. The number of carbonyl (C=O) groups excluding carboxylic acids is 1. The van der Waals surface area contributed by atoms with E-state index in [0.717, 1.165) is 37.1 Å². The van der Waals surface area contributed by atoms with Crippen molar-refractivity contribution in [2.75, 3.05) is 25.0 Å². The summed E-state index contributed by atoms with van der Waals surface area (Å²) in [6.45, 7) is 5.26. The Balaban J connectivity index is 2.38. The Hall–Kier alpha value is -1.10. The first-order chi connectivity index (χ1) is 10.1. The summed E-state index contributed by atoms with van der Waals surface area (Å²) >= 11 is 5.93. The molecular weight excluding hydrogens is 288 g/mol. The molecular formula is C16H25ClN2O2. The van der Waals surface area contributed by atoms with Crippen LogP contribution in [0.1, 0.15) is 31.7 Å². The first kappa shape index (κ1) is 18.0. The number of carbonyl (C=O) groups is 1. The summed E-state index contributed by atoms with van der Waals surface area (Å²) in [5, 5.41) is 15.6. The highest BCUT2D eigenvalue weighted by Crippen LogP contribution is 2.19. The molecule has 0 saturated carbocycles. The molecule has 0 heterocycles. The van der Waals surface area contributed by atoms with Gasteiger partial charge in [-0.3, -0.25) is 4.79 Å². The van der Waals surface area contributed by atoms with Crippen LogP contribution in [-0.2, 0) is 4.79 Å². The van der Waals surface area contributed by atoms with E-state index in [1.165, 1.54) is 0 Å². The molecule has 1 atom stereocenters. The van der Waals surface area contributed by atoms with Crippen molar-refractivity contribution in [3.8, 4) is 0 Å². The number of amides is 1. The highest BCUT2D eigenvalue weighted by molar-refractivity contribution is 6.31. The number of halogens is 1. The normalized spacial score (nSPS) is 12.2. The van der Waals surface area contributed by atoms with Crippen molar-refractivity contribution in [2.45, 2.75) is 33.1 Å². The van der Waals surface area contributed by atoms with Gasteiger partial charge >= 0.3 is 0 Å². The van der Waals surface area contributed by atoms with E-state index in [2.05, 4.69) is 17.6 Å². The first-order valence-corrected chi connectivity index (χ1v) is 7.82. The van der Waals surface area contributed by atoms with Crippen molar-refractivity contribution in [1.82, 2.24) is 5.32 Å². The van der Waals surface area contributed by atoms with Crippen LogP contribution >= 0.6 is 11.6 Å². The standard InChI is InChI=1S/C16H25ClN2O2/c1-3-4-13(7-8-20)10-18-11-16(21)19-15-9-14(17)6-5-12(15)2/h5-6,9,13,18,20H,3-4,7-8,10-11H2,1-2H3,(H,19,21). The van der Waals surface area contributed by atoms with E-state index in [1.807, 2.05) is 13.0 Å². The van der Waals surface area contributed by atoms with Crippen LogP contribution in [0.25, 0.3) is 0 Å². The van der Waals surface area contributed by atoms with Gasteiger partial charge in [0.05, 0.1) is 6.54 Å². The van der Waals surface area contributed by atoms with Gasteiger partial charge in [0.25, 0.3) is 0 Å². The lowest BCUT2D eigenvalue weighted by atomic mass is 10.0. The SMILES string of the molecule is CCCC(CCO)CNCC(=O)Nc1cc(Cl)ccc1C. The van der Waals surface area contributed by atoms with Crippen molar-refractivity contribution < 1.29 is 9.90 Å². The van der Waals surface area contributed by atoms with Gasteiger partial charge < -0.3 is 15.7 Å². The molecule has 1 amide bonds. The molecule has 5 heteroatoms. The minimum atomic E-state index is -0.0837. The smallest absolute Gasteiger partial charge is 0.238 e. The zero-order valence-electron chi connectivity index (χ0n) is 12.8. The largest absolute Gasteiger partial charge is 0.396 e. The maximum absolute atomic E-state index is 11.9. The minimum Gasteiger partial charge on any atom is -0.396 e. The molecule has 4 nitrogen and oxygen atoms in total. The van der Waals surface area contributed by atoms with Crippen LogP contribution < -0.4 is 10.6 Å². The fourth-order valence-corrected chi connectivity index (χ4v) is 2.42. The van der Waals surface area contributed by atoms with Crippen molar-refractivity contribution >= 4 is 23.2 Å². The van der Waals surface area contributed by atoms with Crippen LogP contribution in [0.15, 0.2) is 18.2 Å². The molecule has 1 aromatic rings. The van der Waals surface area contributed by atoms with Crippen LogP contribution in [-0.4, -0.2) is 30.7 Å². The third-order valence-corrected chi connectivity index (χ3v) is 3.66. The Kier molecular flexibility index (Phi) is 8.35.